The molecule has 2 bridgehead atoms. The van der Waals surface area contributed by atoms with Crippen LogP contribution in [0.25, 0.3) is 11.1 Å². The molecule has 1 amide bonds. The van der Waals surface area contributed by atoms with Gasteiger partial charge in [-0.2, -0.15) is 13.2 Å². The van der Waals surface area contributed by atoms with Crippen LogP contribution >= 0.6 is 0 Å². The van der Waals surface area contributed by atoms with Crippen molar-refractivity contribution >= 4 is 5.91 Å². The summed E-state index contributed by atoms with van der Waals surface area (Å²) in [5.41, 5.74) is 1.09. The van der Waals surface area contributed by atoms with Crippen LogP contribution in [0.5, 0.6) is 0 Å². The second-order valence-corrected chi connectivity index (χ2v) is 9.50. The summed E-state index contributed by atoms with van der Waals surface area (Å²) >= 11 is 0. The van der Waals surface area contributed by atoms with Crippen LogP contribution < -0.4 is 0 Å². The molecule has 2 aliphatic heterocycles. The Kier molecular flexibility index (Phi) is 6.31. The topological polar surface area (TPSA) is 43.8 Å². The summed E-state index contributed by atoms with van der Waals surface area (Å²) in [7, 11) is 0. The fourth-order valence-corrected chi connectivity index (χ4v) is 5.35. The van der Waals surface area contributed by atoms with Crippen molar-refractivity contribution in [3.05, 3.63) is 59.2 Å². The standard InChI is InChI=1S/C26H31F3N2O2/c1-4-19-13-18(14-30-15-22-10-11-23(16-30)31(22)17(2)32)5-12-24(19)20-6-8-21(9-7-20)25(3,33)26(27,28)29/h5-9,12-13,22-23,33H,4,10-11,14-16H2,1-3H3. The zero-order chi connectivity index (χ0) is 24.0. The number of hydrogen-bond donors (Lipinski definition) is 1. The van der Waals surface area contributed by atoms with Gasteiger partial charge < -0.3 is 10.0 Å². The molecule has 2 aliphatic rings. The van der Waals surface area contributed by atoms with E-state index >= 15 is 0 Å². The Morgan fingerprint density at radius 2 is 1.67 bits per heavy atom. The summed E-state index contributed by atoms with van der Waals surface area (Å²) in [6.45, 7) is 7.09. The molecule has 3 unspecified atom stereocenters. The van der Waals surface area contributed by atoms with Crippen LogP contribution in [-0.4, -0.2) is 52.2 Å². The summed E-state index contributed by atoms with van der Waals surface area (Å²) in [5, 5.41) is 9.91. The lowest BCUT2D eigenvalue weighted by molar-refractivity contribution is -0.258. The summed E-state index contributed by atoms with van der Waals surface area (Å²) in [6.07, 6.45) is -1.80. The van der Waals surface area contributed by atoms with E-state index in [4.69, 9.17) is 0 Å². The number of rotatable bonds is 5. The molecule has 0 aliphatic carbocycles. The van der Waals surface area contributed by atoms with Gasteiger partial charge in [-0.25, -0.2) is 0 Å². The van der Waals surface area contributed by atoms with Crippen molar-refractivity contribution in [2.75, 3.05) is 13.1 Å². The highest BCUT2D eigenvalue weighted by Crippen LogP contribution is 2.39. The maximum absolute atomic E-state index is 13.1. The van der Waals surface area contributed by atoms with Gasteiger partial charge in [0.25, 0.3) is 0 Å². The zero-order valence-corrected chi connectivity index (χ0v) is 19.3. The summed E-state index contributed by atoms with van der Waals surface area (Å²) < 4.78 is 39.4. The van der Waals surface area contributed by atoms with Gasteiger partial charge in [0.15, 0.2) is 5.60 Å². The number of likely N-dealkylation sites (tertiary alicyclic amines) is 1. The molecule has 0 saturated carbocycles. The van der Waals surface area contributed by atoms with Crippen molar-refractivity contribution in [2.45, 2.75) is 70.4 Å². The molecule has 33 heavy (non-hydrogen) atoms. The van der Waals surface area contributed by atoms with E-state index in [9.17, 15) is 23.1 Å². The number of aliphatic hydroxyl groups is 1. The highest BCUT2D eigenvalue weighted by molar-refractivity contribution is 5.74. The third-order valence-corrected chi connectivity index (χ3v) is 7.19. The Morgan fingerprint density at radius 1 is 1.06 bits per heavy atom. The quantitative estimate of drug-likeness (QED) is 0.692. The number of halogens is 3. The van der Waals surface area contributed by atoms with Crippen LogP contribution in [0.3, 0.4) is 0 Å². The lowest BCUT2D eigenvalue weighted by Gasteiger charge is -2.40. The van der Waals surface area contributed by atoms with Gasteiger partial charge in [-0.05, 0) is 54.0 Å². The van der Waals surface area contributed by atoms with Crippen molar-refractivity contribution in [3.8, 4) is 11.1 Å². The molecule has 0 aromatic heterocycles. The number of nitrogens with zero attached hydrogens (tertiary/aromatic N) is 2. The van der Waals surface area contributed by atoms with E-state index in [0.717, 1.165) is 62.5 Å². The number of carbonyl (C=O) groups excluding carboxylic acids is 1. The van der Waals surface area contributed by atoms with Crippen molar-refractivity contribution in [3.63, 3.8) is 0 Å². The maximum Gasteiger partial charge on any atom is 0.421 e. The van der Waals surface area contributed by atoms with Gasteiger partial charge in [0.05, 0.1) is 0 Å². The number of amides is 1. The molecule has 4 rings (SSSR count). The van der Waals surface area contributed by atoms with E-state index in [1.54, 1.807) is 19.1 Å². The first-order chi connectivity index (χ1) is 15.5. The number of hydrogen-bond acceptors (Lipinski definition) is 3. The Labute approximate surface area is 193 Å². The Hall–Kier alpha value is -2.38. The third-order valence-electron chi connectivity index (χ3n) is 7.19. The minimum Gasteiger partial charge on any atom is -0.376 e. The van der Waals surface area contributed by atoms with Gasteiger partial charge in [0, 0.05) is 38.6 Å². The fraction of sp³-hybridized carbons (Fsp3) is 0.500. The van der Waals surface area contributed by atoms with Gasteiger partial charge in [0.1, 0.15) is 0 Å². The highest BCUT2D eigenvalue weighted by Gasteiger charge is 2.51. The molecule has 2 aromatic rings. The van der Waals surface area contributed by atoms with E-state index < -0.39 is 11.8 Å². The van der Waals surface area contributed by atoms with Gasteiger partial charge in [0.2, 0.25) is 5.91 Å². The molecule has 4 nitrogen and oxygen atoms in total. The van der Waals surface area contributed by atoms with E-state index in [2.05, 4.69) is 28.9 Å². The number of benzene rings is 2. The fourth-order valence-electron chi connectivity index (χ4n) is 5.35. The Bertz CT molecular complexity index is 1000. The Morgan fingerprint density at radius 3 is 2.18 bits per heavy atom. The molecule has 2 saturated heterocycles. The number of aryl methyl sites for hydroxylation is 1. The average molecular weight is 461 g/mol. The van der Waals surface area contributed by atoms with Crippen LogP contribution in [0.2, 0.25) is 0 Å². The minimum atomic E-state index is -4.74. The van der Waals surface area contributed by atoms with E-state index in [1.165, 1.54) is 17.7 Å². The van der Waals surface area contributed by atoms with Crippen molar-refractivity contribution in [1.29, 1.82) is 0 Å². The molecule has 7 heteroatoms. The summed E-state index contributed by atoms with van der Waals surface area (Å²) in [4.78, 5) is 16.4. The second kappa shape index (κ2) is 8.76. The predicted molar refractivity (Wildman–Crippen MR) is 121 cm³/mol. The molecule has 3 atom stereocenters. The normalized spacial score (nSPS) is 22.9. The third kappa shape index (κ3) is 4.53. The maximum atomic E-state index is 13.1. The van der Waals surface area contributed by atoms with Crippen LogP contribution in [-0.2, 0) is 23.4 Å². The molecular weight excluding hydrogens is 429 g/mol. The number of fused-ring (bicyclic) bond motifs is 2. The van der Waals surface area contributed by atoms with Gasteiger partial charge in [-0.15, -0.1) is 0 Å². The van der Waals surface area contributed by atoms with Gasteiger partial charge in [-0.1, -0.05) is 49.4 Å². The Balaban J connectivity index is 1.51. The lowest BCUT2D eigenvalue weighted by Crippen LogP contribution is -2.54. The first-order valence-electron chi connectivity index (χ1n) is 11.5. The van der Waals surface area contributed by atoms with Crippen LogP contribution in [0.15, 0.2) is 42.5 Å². The van der Waals surface area contributed by atoms with Crippen LogP contribution in [0, 0.1) is 0 Å². The van der Waals surface area contributed by atoms with E-state index in [1.807, 2.05) is 6.07 Å². The lowest BCUT2D eigenvalue weighted by atomic mass is 9.91. The molecule has 2 heterocycles. The van der Waals surface area contributed by atoms with Crippen molar-refractivity contribution < 1.29 is 23.1 Å². The second-order valence-electron chi connectivity index (χ2n) is 9.50. The monoisotopic (exact) mass is 460 g/mol. The number of alkyl halides is 3. The average Bonchev–Trinajstić information content (AvgIpc) is 3.04. The largest absolute Gasteiger partial charge is 0.421 e. The molecule has 2 aromatic carbocycles. The first kappa shape index (κ1) is 23.8. The van der Waals surface area contributed by atoms with Gasteiger partial charge >= 0.3 is 6.18 Å². The smallest absolute Gasteiger partial charge is 0.376 e. The SMILES string of the molecule is CCc1cc(CN2CC3CCC(C2)N3C(C)=O)ccc1-c1ccc(C(C)(O)C(F)(F)F)cc1. The first-order valence-corrected chi connectivity index (χ1v) is 11.5. The molecule has 0 spiro atoms. The predicted octanol–water partition coefficient (Wildman–Crippen LogP) is 4.88. The van der Waals surface area contributed by atoms with Crippen LogP contribution in [0.1, 0.15) is 50.3 Å². The summed E-state index contributed by atoms with van der Waals surface area (Å²) in [5.74, 6) is 0.169. The summed E-state index contributed by atoms with van der Waals surface area (Å²) in [6, 6.07) is 12.9. The molecule has 1 N–H and O–H groups in total. The molecule has 178 valence electrons. The minimum absolute atomic E-state index is 0.169. The zero-order valence-electron chi connectivity index (χ0n) is 19.3. The van der Waals surface area contributed by atoms with Crippen molar-refractivity contribution in [1.82, 2.24) is 9.80 Å². The number of carbonyl (C=O) groups is 1. The molecule has 0 radical (unpaired) electrons. The number of piperazine rings is 1. The van der Waals surface area contributed by atoms with Crippen molar-refractivity contribution in [2.24, 2.45) is 0 Å². The highest BCUT2D eigenvalue weighted by atomic mass is 19.4. The van der Waals surface area contributed by atoms with E-state index in [-0.39, 0.29) is 11.5 Å². The van der Waals surface area contributed by atoms with Crippen LogP contribution in [0.4, 0.5) is 13.2 Å². The molecule has 2 fully saturated rings. The van der Waals surface area contributed by atoms with E-state index in [0.29, 0.717) is 12.1 Å². The van der Waals surface area contributed by atoms with Gasteiger partial charge in [-0.3, -0.25) is 9.69 Å². The molecular formula is C26H31F3N2O2.